The lowest BCUT2D eigenvalue weighted by Gasteiger charge is -2.23. The quantitative estimate of drug-likeness (QED) is 0.865. The fraction of sp³-hybridized carbons (Fsp3) is 0.667. The van der Waals surface area contributed by atoms with Gasteiger partial charge in [-0.1, -0.05) is 0 Å². The van der Waals surface area contributed by atoms with Crippen LogP contribution in [0.2, 0.25) is 0 Å². The first-order chi connectivity index (χ1) is 8.28. The molecule has 1 aromatic rings. The van der Waals surface area contributed by atoms with Gasteiger partial charge in [-0.15, -0.1) is 0 Å². The summed E-state index contributed by atoms with van der Waals surface area (Å²) in [4.78, 5) is 8.56. The van der Waals surface area contributed by atoms with Crippen LogP contribution in [0.3, 0.4) is 0 Å². The van der Waals surface area contributed by atoms with Crippen molar-refractivity contribution in [3.05, 3.63) is 11.9 Å². The van der Waals surface area contributed by atoms with Crippen LogP contribution in [0.1, 0.15) is 25.6 Å². The van der Waals surface area contributed by atoms with Gasteiger partial charge in [-0.3, -0.25) is 0 Å². The van der Waals surface area contributed by atoms with Gasteiger partial charge in [-0.25, -0.2) is 4.98 Å². The van der Waals surface area contributed by atoms with Gasteiger partial charge in [0.2, 0.25) is 5.88 Å². The Morgan fingerprint density at radius 3 is 3.12 bits per heavy atom. The number of anilines is 1. The molecule has 1 aliphatic heterocycles. The summed E-state index contributed by atoms with van der Waals surface area (Å²) in [6.45, 7) is 6.03. The van der Waals surface area contributed by atoms with Crippen LogP contribution < -0.4 is 10.1 Å². The monoisotopic (exact) mass is 237 g/mol. The molecule has 0 aromatic carbocycles. The van der Waals surface area contributed by atoms with E-state index in [9.17, 15) is 0 Å². The van der Waals surface area contributed by atoms with Gasteiger partial charge in [-0.05, 0) is 26.7 Å². The molecule has 1 N–H and O–H groups in total. The summed E-state index contributed by atoms with van der Waals surface area (Å²) >= 11 is 0. The van der Waals surface area contributed by atoms with Gasteiger partial charge < -0.3 is 14.8 Å². The maximum absolute atomic E-state index is 5.43. The van der Waals surface area contributed by atoms with E-state index in [0.29, 0.717) is 18.5 Å². The molecule has 1 unspecified atom stereocenters. The molecule has 0 saturated carbocycles. The third kappa shape index (κ3) is 3.56. The average Bonchev–Trinajstić information content (AvgIpc) is 2.30. The molecule has 0 radical (unpaired) electrons. The van der Waals surface area contributed by atoms with Crippen LogP contribution in [0.25, 0.3) is 0 Å². The maximum Gasteiger partial charge on any atom is 0.218 e. The number of rotatable bonds is 4. The highest BCUT2D eigenvalue weighted by molar-refractivity contribution is 5.39. The van der Waals surface area contributed by atoms with Crippen LogP contribution in [0.15, 0.2) is 6.07 Å². The number of nitrogens with one attached hydrogen (secondary N) is 1. The second-order valence-electron chi connectivity index (χ2n) is 4.13. The minimum atomic E-state index is 0.340. The molecule has 1 aromatic heterocycles. The largest absolute Gasteiger partial charge is 0.478 e. The first kappa shape index (κ1) is 12.1. The summed E-state index contributed by atoms with van der Waals surface area (Å²) in [6.07, 6.45) is 2.22. The minimum absolute atomic E-state index is 0.340. The highest BCUT2D eigenvalue weighted by atomic mass is 16.5. The molecule has 17 heavy (non-hydrogen) atoms. The number of hydrogen-bond donors (Lipinski definition) is 1. The molecule has 2 rings (SSSR count). The van der Waals surface area contributed by atoms with Crippen molar-refractivity contribution in [3.8, 4) is 5.88 Å². The van der Waals surface area contributed by atoms with Crippen molar-refractivity contribution < 1.29 is 9.47 Å². The second-order valence-corrected chi connectivity index (χ2v) is 4.13. The standard InChI is InChI=1S/C12H19N3O2/c1-3-17-12-7-11(13-9(2)14-12)15-10-5-4-6-16-8-10/h7,10H,3-6,8H2,1-2H3,(H,13,14,15). The number of nitrogens with zero attached hydrogens (tertiary/aromatic N) is 2. The van der Waals surface area contributed by atoms with Crippen molar-refractivity contribution in [2.45, 2.75) is 32.7 Å². The molecule has 5 heteroatoms. The molecule has 1 saturated heterocycles. The van der Waals surface area contributed by atoms with Crippen molar-refractivity contribution in [3.63, 3.8) is 0 Å². The smallest absolute Gasteiger partial charge is 0.218 e. The van der Waals surface area contributed by atoms with Crippen molar-refractivity contribution in [1.29, 1.82) is 0 Å². The number of ether oxygens (including phenoxy) is 2. The van der Waals surface area contributed by atoms with Crippen LogP contribution in [-0.2, 0) is 4.74 Å². The zero-order valence-corrected chi connectivity index (χ0v) is 10.4. The van der Waals surface area contributed by atoms with E-state index in [2.05, 4.69) is 15.3 Å². The zero-order chi connectivity index (χ0) is 12.1. The molecule has 0 amide bonds. The summed E-state index contributed by atoms with van der Waals surface area (Å²) in [5, 5.41) is 3.36. The van der Waals surface area contributed by atoms with Crippen molar-refractivity contribution >= 4 is 5.82 Å². The molecule has 0 aliphatic carbocycles. The van der Waals surface area contributed by atoms with Crippen molar-refractivity contribution in [2.24, 2.45) is 0 Å². The third-order valence-corrected chi connectivity index (χ3v) is 2.62. The Kier molecular flexibility index (Phi) is 4.14. The highest BCUT2D eigenvalue weighted by Crippen LogP contribution is 2.17. The van der Waals surface area contributed by atoms with Crippen molar-refractivity contribution in [1.82, 2.24) is 9.97 Å². The number of aromatic nitrogens is 2. The lowest BCUT2D eigenvalue weighted by Crippen LogP contribution is -2.30. The van der Waals surface area contributed by atoms with Gasteiger partial charge in [-0.2, -0.15) is 4.98 Å². The van der Waals surface area contributed by atoms with Gasteiger partial charge in [0, 0.05) is 12.7 Å². The molecule has 1 aliphatic rings. The maximum atomic E-state index is 5.43. The van der Waals surface area contributed by atoms with E-state index in [1.165, 1.54) is 0 Å². The van der Waals surface area contributed by atoms with E-state index in [4.69, 9.17) is 9.47 Å². The predicted molar refractivity (Wildman–Crippen MR) is 65.4 cm³/mol. The van der Waals surface area contributed by atoms with E-state index < -0.39 is 0 Å². The average molecular weight is 237 g/mol. The Morgan fingerprint density at radius 1 is 1.53 bits per heavy atom. The Balaban J connectivity index is 2.03. The molecule has 0 spiro atoms. The SMILES string of the molecule is CCOc1cc(NC2CCCOC2)nc(C)n1. The summed E-state index contributed by atoms with van der Waals surface area (Å²) < 4.78 is 10.8. The predicted octanol–water partition coefficient (Wildman–Crippen LogP) is 1.77. The van der Waals surface area contributed by atoms with E-state index >= 15 is 0 Å². The van der Waals surface area contributed by atoms with Crippen LogP contribution in [-0.4, -0.2) is 35.8 Å². The van der Waals surface area contributed by atoms with Crippen molar-refractivity contribution in [2.75, 3.05) is 25.1 Å². The summed E-state index contributed by atoms with van der Waals surface area (Å²) in [7, 11) is 0. The number of aryl methyl sites for hydroxylation is 1. The van der Waals surface area contributed by atoms with Crippen LogP contribution in [0, 0.1) is 6.92 Å². The zero-order valence-electron chi connectivity index (χ0n) is 10.4. The molecule has 2 heterocycles. The fourth-order valence-electron chi connectivity index (χ4n) is 1.90. The molecule has 94 valence electrons. The Morgan fingerprint density at radius 2 is 2.41 bits per heavy atom. The van der Waals surface area contributed by atoms with Crippen LogP contribution in [0.4, 0.5) is 5.82 Å². The van der Waals surface area contributed by atoms with Crippen LogP contribution >= 0.6 is 0 Å². The minimum Gasteiger partial charge on any atom is -0.478 e. The Bertz CT molecular complexity index is 365. The van der Waals surface area contributed by atoms with Gasteiger partial charge in [0.05, 0.1) is 19.3 Å². The number of hydrogen-bond acceptors (Lipinski definition) is 5. The second kappa shape index (κ2) is 5.82. The Hall–Kier alpha value is -1.36. The Labute approximate surface area is 102 Å². The van der Waals surface area contributed by atoms with E-state index in [1.54, 1.807) is 0 Å². The van der Waals surface area contributed by atoms with Gasteiger partial charge in [0.15, 0.2) is 0 Å². The van der Waals surface area contributed by atoms with E-state index in [1.807, 2.05) is 19.9 Å². The molecule has 1 fully saturated rings. The lowest BCUT2D eigenvalue weighted by molar-refractivity contribution is 0.0875. The molecular weight excluding hydrogens is 218 g/mol. The third-order valence-electron chi connectivity index (χ3n) is 2.62. The normalized spacial score (nSPS) is 20.0. The fourth-order valence-corrected chi connectivity index (χ4v) is 1.90. The van der Waals surface area contributed by atoms with Gasteiger partial charge >= 0.3 is 0 Å². The first-order valence-corrected chi connectivity index (χ1v) is 6.10. The highest BCUT2D eigenvalue weighted by Gasteiger charge is 2.14. The van der Waals surface area contributed by atoms with Crippen LogP contribution in [0.5, 0.6) is 5.88 Å². The molecule has 0 bridgehead atoms. The van der Waals surface area contributed by atoms with Gasteiger partial charge in [0.1, 0.15) is 11.6 Å². The molecule has 1 atom stereocenters. The molecular formula is C12H19N3O2. The topological polar surface area (TPSA) is 56.3 Å². The summed E-state index contributed by atoms with van der Waals surface area (Å²) in [6, 6.07) is 2.18. The van der Waals surface area contributed by atoms with E-state index in [0.717, 1.165) is 37.7 Å². The van der Waals surface area contributed by atoms with E-state index in [-0.39, 0.29) is 0 Å². The first-order valence-electron chi connectivity index (χ1n) is 6.10. The van der Waals surface area contributed by atoms with Gasteiger partial charge in [0.25, 0.3) is 0 Å². The molecule has 5 nitrogen and oxygen atoms in total. The summed E-state index contributed by atoms with van der Waals surface area (Å²) in [5.41, 5.74) is 0. The lowest BCUT2D eigenvalue weighted by atomic mass is 10.1. The summed E-state index contributed by atoms with van der Waals surface area (Å²) in [5.74, 6) is 2.16.